The van der Waals surface area contributed by atoms with Gasteiger partial charge in [0.2, 0.25) is 0 Å². The highest BCUT2D eigenvalue weighted by molar-refractivity contribution is 5.75. The number of halogens is 3. The highest BCUT2D eigenvalue weighted by atomic mass is 19.4. The van der Waals surface area contributed by atoms with Gasteiger partial charge in [-0.25, -0.2) is 0 Å². The Morgan fingerprint density at radius 1 is 1.21 bits per heavy atom. The molecule has 0 aromatic carbocycles. The fraction of sp³-hybridized carbons (Fsp3) is 0.889. The molecule has 2 nitrogen and oxygen atoms in total. The molecular weight excluding hydrogens is 197 g/mol. The van der Waals surface area contributed by atoms with Crippen molar-refractivity contribution < 1.29 is 22.7 Å². The molecule has 0 saturated carbocycles. The van der Waals surface area contributed by atoms with Crippen molar-refractivity contribution in [2.75, 3.05) is 13.2 Å². The maximum Gasteiger partial charge on any atom is 0.389 e. The number of ether oxygens (including phenoxy) is 1. The highest BCUT2D eigenvalue weighted by Gasteiger charge is 2.25. The molecule has 0 N–H and O–H groups in total. The van der Waals surface area contributed by atoms with E-state index in [1.165, 1.54) is 6.92 Å². The third kappa shape index (κ3) is 11.4. The summed E-state index contributed by atoms with van der Waals surface area (Å²) in [4.78, 5) is 10.5. The molecule has 0 rings (SSSR count). The molecule has 0 amide bonds. The lowest BCUT2D eigenvalue weighted by atomic mass is 10.2. The number of alkyl halides is 3. The molecule has 0 unspecified atom stereocenters. The zero-order valence-electron chi connectivity index (χ0n) is 8.19. The zero-order valence-corrected chi connectivity index (χ0v) is 8.19. The molecule has 0 spiro atoms. The Balaban J connectivity index is 3.11. The van der Waals surface area contributed by atoms with Crippen LogP contribution in [0.3, 0.4) is 0 Å². The molecule has 84 valence electrons. The van der Waals surface area contributed by atoms with Gasteiger partial charge in [-0.1, -0.05) is 0 Å². The fourth-order valence-electron chi connectivity index (χ4n) is 0.900. The molecule has 0 saturated heterocycles. The van der Waals surface area contributed by atoms with Crippen LogP contribution in [0, 0.1) is 0 Å². The van der Waals surface area contributed by atoms with E-state index in [-0.39, 0.29) is 18.8 Å². The van der Waals surface area contributed by atoms with Crippen molar-refractivity contribution >= 4 is 5.78 Å². The van der Waals surface area contributed by atoms with Crippen molar-refractivity contribution in [1.82, 2.24) is 0 Å². The van der Waals surface area contributed by atoms with Crippen LogP contribution in [-0.2, 0) is 9.53 Å². The van der Waals surface area contributed by atoms with E-state index in [1.807, 2.05) is 0 Å². The van der Waals surface area contributed by atoms with Crippen LogP contribution in [0.4, 0.5) is 13.2 Å². The van der Waals surface area contributed by atoms with Gasteiger partial charge in [0.05, 0.1) is 0 Å². The Labute approximate surface area is 81.4 Å². The molecule has 14 heavy (non-hydrogen) atoms. The number of hydrogen-bond acceptors (Lipinski definition) is 2. The maximum atomic E-state index is 11.6. The van der Waals surface area contributed by atoms with Crippen LogP contribution >= 0.6 is 0 Å². The first-order valence-electron chi connectivity index (χ1n) is 4.56. The topological polar surface area (TPSA) is 26.3 Å². The second kappa shape index (κ2) is 6.81. The van der Waals surface area contributed by atoms with E-state index in [0.29, 0.717) is 19.4 Å². The van der Waals surface area contributed by atoms with Crippen molar-refractivity contribution in [3.8, 4) is 0 Å². The van der Waals surface area contributed by atoms with Gasteiger partial charge in [0.1, 0.15) is 5.78 Å². The fourth-order valence-corrected chi connectivity index (χ4v) is 0.900. The van der Waals surface area contributed by atoms with Gasteiger partial charge in [0, 0.05) is 26.1 Å². The van der Waals surface area contributed by atoms with E-state index in [4.69, 9.17) is 4.74 Å². The number of carbonyl (C=O) groups excluding carboxylic acids is 1. The summed E-state index contributed by atoms with van der Waals surface area (Å²) in [6.45, 7) is 1.94. The van der Waals surface area contributed by atoms with Crippen LogP contribution in [0.5, 0.6) is 0 Å². The van der Waals surface area contributed by atoms with Gasteiger partial charge in [-0.3, -0.25) is 0 Å². The predicted octanol–water partition coefficient (Wildman–Crippen LogP) is 2.71. The van der Waals surface area contributed by atoms with Crippen LogP contribution < -0.4 is 0 Å². The summed E-state index contributed by atoms with van der Waals surface area (Å²) in [6, 6.07) is 0. The van der Waals surface area contributed by atoms with E-state index in [0.717, 1.165) is 0 Å². The van der Waals surface area contributed by atoms with Gasteiger partial charge in [-0.15, -0.1) is 0 Å². The largest absolute Gasteiger partial charge is 0.389 e. The van der Waals surface area contributed by atoms with Gasteiger partial charge >= 0.3 is 6.18 Å². The summed E-state index contributed by atoms with van der Waals surface area (Å²) in [5.74, 6) is 0.0730. The molecule has 0 aliphatic heterocycles. The van der Waals surface area contributed by atoms with Crippen molar-refractivity contribution in [1.29, 1.82) is 0 Å². The standard InChI is InChI=1S/C9H15F3O2/c1-8(13)4-2-6-14-7-3-5-9(10,11)12/h2-7H2,1H3. The van der Waals surface area contributed by atoms with E-state index >= 15 is 0 Å². The second-order valence-corrected chi connectivity index (χ2v) is 3.14. The minimum absolute atomic E-state index is 0.0103. The molecule has 0 radical (unpaired) electrons. The smallest absolute Gasteiger partial charge is 0.381 e. The maximum absolute atomic E-state index is 11.6. The monoisotopic (exact) mass is 212 g/mol. The summed E-state index contributed by atoms with van der Waals surface area (Å²) in [6.07, 6.45) is -3.90. The third-order valence-electron chi connectivity index (χ3n) is 1.57. The van der Waals surface area contributed by atoms with E-state index in [2.05, 4.69) is 0 Å². The van der Waals surface area contributed by atoms with Crippen molar-refractivity contribution in [2.45, 2.75) is 38.8 Å². The average Bonchev–Trinajstić information content (AvgIpc) is 2.00. The summed E-state index contributed by atoms with van der Waals surface area (Å²) in [5, 5.41) is 0. The van der Waals surface area contributed by atoms with Crippen molar-refractivity contribution in [2.24, 2.45) is 0 Å². The minimum atomic E-state index is -4.09. The highest BCUT2D eigenvalue weighted by Crippen LogP contribution is 2.20. The molecule has 0 atom stereocenters. The van der Waals surface area contributed by atoms with Gasteiger partial charge in [-0.2, -0.15) is 13.2 Å². The SMILES string of the molecule is CC(=O)CCCOCCCC(F)(F)F. The first kappa shape index (κ1) is 13.4. The quantitative estimate of drug-likeness (QED) is 0.606. The Morgan fingerprint density at radius 2 is 1.79 bits per heavy atom. The van der Waals surface area contributed by atoms with Gasteiger partial charge in [-0.05, 0) is 19.8 Å². The Kier molecular flexibility index (Phi) is 6.53. The Morgan fingerprint density at radius 3 is 2.29 bits per heavy atom. The van der Waals surface area contributed by atoms with E-state index in [9.17, 15) is 18.0 Å². The molecule has 0 aromatic rings. The lowest BCUT2D eigenvalue weighted by Gasteiger charge is -2.06. The summed E-state index contributed by atoms with van der Waals surface area (Å²) in [5.41, 5.74) is 0. The molecule has 0 heterocycles. The molecule has 0 fully saturated rings. The molecular formula is C9H15F3O2. The molecule has 0 aliphatic rings. The predicted molar refractivity (Wildman–Crippen MR) is 46.0 cm³/mol. The number of rotatable bonds is 7. The van der Waals surface area contributed by atoms with Crippen LogP contribution in [0.1, 0.15) is 32.6 Å². The first-order chi connectivity index (χ1) is 6.42. The normalized spacial score (nSPS) is 11.7. The third-order valence-corrected chi connectivity index (χ3v) is 1.57. The molecule has 0 aliphatic carbocycles. The summed E-state index contributed by atoms with van der Waals surface area (Å²) in [7, 11) is 0. The summed E-state index contributed by atoms with van der Waals surface area (Å²) >= 11 is 0. The first-order valence-corrected chi connectivity index (χ1v) is 4.56. The number of carbonyl (C=O) groups is 1. The average molecular weight is 212 g/mol. The molecule has 5 heteroatoms. The Hall–Kier alpha value is -0.580. The second-order valence-electron chi connectivity index (χ2n) is 3.14. The number of ketones is 1. The lowest BCUT2D eigenvalue weighted by Crippen LogP contribution is -2.09. The van der Waals surface area contributed by atoms with Gasteiger partial charge in [0.15, 0.2) is 0 Å². The van der Waals surface area contributed by atoms with Crippen LogP contribution in [0.25, 0.3) is 0 Å². The lowest BCUT2D eigenvalue weighted by molar-refractivity contribution is -0.137. The minimum Gasteiger partial charge on any atom is -0.381 e. The van der Waals surface area contributed by atoms with Crippen molar-refractivity contribution in [3.63, 3.8) is 0 Å². The van der Waals surface area contributed by atoms with E-state index < -0.39 is 12.6 Å². The van der Waals surface area contributed by atoms with E-state index in [1.54, 1.807) is 0 Å². The Bertz CT molecular complexity index is 166. The molecule has 0 aromatic heterocycles. The zero-order chi connectivity index (χ0) is 11.0. The van der Waals surface area contributed by atoms with Gasteiger partial charge < -0.3 is 9.53 Å². The van der Waals surface area contributed by atoms with Gasteiger partial charge in [0.25, 0.3) is 0 Å². The number of hydrogen-bond donors (Lipinski definition) is 0. The van der Waals surface area contributed by atoms with Crippen LogP contribution in [0.15, 0.2) is 0 Å². The van der Waals surface area contributed by atoms with Crippen molar-refractivity contribution in [3.05, 3.63) is 0 Å². The summed E-state index contributed by atoms with van der Waals surface area (Å²) < 4.78 is 39.8. The molecule has 0 bridgehead atoms. The number of Topliss-reactive ketones (excluding diaryl/α,β-unsaturated/α-hetero) is 1. The van der Waals surface area contributed by atoms with Crippen LogP contribution in [-0.4, -0.2) is 25.2 Å². The van der Waals surface area contributed by atoms with Crippen LogP contribution in [0.2, 0.25) is 0 Å².